The summed E-state index contributed by atoms with van der Waals surface area (Å²) in [7, 11) is 1.82. The average Bonchev–Trinajstić information content (AvgIpc) is 2.73. The Labute approximate surface area is 117 Å². The molecule has 102 valence electrons. The second-order valence-corrected chi connectivity index (χ2v) is 4.94. The van der Waals surface area contributed by atoms with E-state index in [1.54, 1.807) is 4.68 Å². The molecule has 1 unspecified atom stereocenters. The van der Waals surface area contributed by atoms with Crippen molar-refractivity contribution in [3.05, 3.63) is 40.9 Å². The lowest BCUT2D eigenvalue weighted by Crippen LogP contribution is -2.17. The van der Waals surface area contributed by atoms with Gasteiger partial charge in [0.1, 0.15) is 18.7 Å². The number of aromatic nitrogens is 3. The number of aryl methyl sites for hydroxylation is 1. The number of ether oxygens (including phenoxy) is 1. The van der Waals surface area contributed by atoms with Gasteiger partial charge in [-0.2, -0.15) is 5.10 Å². The minimum absolute atomic E-state index is 0.112. The van der Waals surface area contributed by atoms with Gasteiger partial charge in [0.2, 0.25) is 0 Å². The number of benzene rings is 1. The summed E-state index contributed by atoms with van der Waals surface area (Å²) in [5.74, 6) is 1.38. The molecule has 0 radical (unpaired) electrons. The van der Waals surface area contributed by atoms with Crippen molar-refractivity contribution in [2.24, 2.45) is 12.8 Å². The smallest absolute Gasteiger partial charge is 0.164 e. The van der Waals surface area contributed by atoms with E-state index >= 15 is 0 Å². The van der Waals surface area contributed by atoms with Crippen LogP contribution in [0.1, 0.15) is 18.3 Å². The summed E-state index contributed by atoms with van der Waals surface area (Å²) in [6, 6.07) is 5.83. The van der Waals surface area contributed by atoms with Crippen LogP contribution in [0.3, 0.4) is 0 Å². The maximum absolute atomic E-state index is 6.18. The summed E-state index contributed by atoms with van der Waals surface area (Å²) >= 11 is 6.18. The first-order chi connectivity index (χ1) is 9.06. The summed E-state index contributed by atoms with van der Waals surface area (Å²) in [5, 5.41) is 4.56. The van der Waals surface area contributed by atoms with Crippen LogP contribution in [0.4, 0.5) is 0 Å². The number of nitrogens with two attached hydrogens (primary N) is 1. The highest BCUT2D eigenvalue weighted by atomic mass is 35.5. The minimum atomic E-state index is 0.112. The van der Waals surface area contributed by atoms with Crippen LogP contribution in [0.15, 0.2) is 24.5 Å². The Kier molecular flexibility index (Phi) is 4.39. The Morgan fingerprint density at radius 1 is 1.47 bits per heavy atom. The molecule has 19 heavy (non-hydrogen) atoms. The zero-order valence-corrected chi connectivity index (χ0v) is 11.8. The van der Waals surface area contributed by atoms with Crippen LogP contribution < -0.4 is 10.5 Å². The Morgan fingerprint density at radius 3 is 2.84 bits per heavy atom. The highest BCUT2D eigenvalue weighted by Gasteiger charge is 2.07. The standard InChI is InChI=1S/C13H17ClN4O/c1-9(15)5-10-3-4-12(11(14)6-10)19-7-13-16-8-17-18(13)2/h3-4,6,8-9H,5,7,15H2,1-2H3. The van der Waals surface area contributed by atoms with Crippen molar-refractivity contribution in [2.75, 3.05) is 0 Å². The number of hydrogen-bond donors (Lipinski definition) is 1. The lowest BCUT2D eigenvalue weighted by molar-refractivity contribution is 0.290. The molecule has 0 saturated carbocycles. The molecule has 2 aromatic rings. The molecule has 0 bridgehead atoms. The first-order valence-electron chi connectivity index (χ1n) is 6.06. The van der Waals surface area contributed by atoms with E-state index in [9.17, 15) is 0 Å². The first-order valence-corrected chi connectivity index (χ1v) is 6.43. The van der Waals surface area contributed by atoms with Crippen LogP contribution in [0.2, 0.25) is 5.02 Å². The summed E-state index contributed by atoms with van der Waals surface area (Å²) in [6.45, 7) is 2.30. The molecule has 1 heterocycles. The third kappa shape index (κ3) is 3.68. The molecule has 0 fully saturated rings. The van der Waals surface area contributed by atoms with Crippen LogP contribution in [0.5, 0.6) is 5.75 Å². The first kappa shape index (κ1) is 13.8. The average molecular weight is 281 g/mol. The lowest BCUT2D eigenvalue weighted by Gasteiger charge is -2.10. The summed E-state index contributed by atoms with van der Waals surface area (Å²) in [5.41, 5.74) is 6.86. The molecule has 5 nitrogen and oxygen atoms in total. The molecule has 0 aliphatic heterocycles. The van der Waals surface area contributed by atoms with Crippen molar-refractivity contribution in [2.45, 2.75) is 26.0 Å². The number of rotatable bonds is 5. The Morgan fingerprint density at radius 2 is 2.26 bits per heavy atom. The van der Waals surface area contributed by atoms with E-state index in [0.29, 0.717) is 17.4 Å². The molecule has 0 spiro atoms. The molecular weight excluding hydrogens is 264 g/mol. The Hall–Kier alpha value is -1.59. The molecule has 2 rings (SSSR count). The largest absolute Gasteiger partial charge is 0.484 e. The van der Waals surface area contributed by atoms with Crippen molar-refractivity contribution < 1.29 is 4.74 Å². The third-order valence-electron chi connectivity index (χ3n) is 2.72. The molecular formula is C13H17ClN4O. The fourth-order valence-corrected chi connectivity index (χ4v) is 2.01. The molecule has 1 aromatic carbocycles. The monoisotopic (exact) mass is 280 g/mol. The zero-order chi connectivity index (χ0) is 13.8. The van der Waals surface area contributed by atoms with Gasteiger partial charge in [-0.15, -0.1) is 0 Å². The Bertz CT molecular complexity index is 553. The van der Waals surface area contributed by atoms with Gasteiger partial charge in [-0.25, -0.2) is 4.98 Å². The van der Waals surface area contributed by atoms with Gasteiger partial charge in [0.25, 0.3) is 0 Å². The molecule has 6 heteroatoms. The van der Waals surface area contributed by atoms with Crippen LogP contribution in [-0.4, -0.2) is 20.8 Å². The predicted octanol–water partition coefficient (Wildman–Crippen LogP) is 1.94. The molecule has 1 atom stereocenters. The lowest BCUT2D eigenvalue weighted by atomic mass is 10.1. The highest BCUT2D eigenvalue weighted by molar-refractivity contribution is 6.32. The molecule has 1 aromatic heterocycles. The van der Waals surface area contributed by atoms with E-state index in [1.165, 1.54) is 6.33 Å². The number of halogens is 1. The van der Waals surface area contributed by atoms with Gasteiger partial charge in [-0.3, -0.25) is 4.68 Å². The fourth-order valence-electron chi connectivity index (χ4n) is 1.75. The second-order valence-electron chi connectivity index (χ2n) is 4.53. The summed E-state index contributed by atoms with van der Waals surface area (Å²) < 4.78 is 7.30. The van der Waals surface area contributed by atoms with Crippen molar-refractivity contribution in [3.8, 4) is 5.75 Å². The molecule has 0 saturated heterocycles. The number of hydrogen-bond acceptors (Lipinski definition) is 4. The normalized spacial score (nSPS) is 12.4. The molecule has 0 amide bonds. The van der Waals surface area contributed by atoms with Crippen molar-refractivity contribution in [3.63, 3.8) is 0 Å². The minimum Gasteiger partial charge on any atom is -0.484 e. The fraction of sp³-hybridized carbons (Fsp3) is 0.385. The molecule has 0 aliphatic carbocycles. The van der Waals surface area contributed by atoms with E-state index in [1.807, 2.05) is 32.2 Å². The SMILES string of the molecule is CC(N)Cc1ccc(OCc2ncnn2C)c(Cl)c1. The predicted molar refractivity (Wildman–Crippen MR) is 74.1 cm³/mol. The van der Waals surface area contributed by atoms with E-state index < -0.39 is 0 Å². The maximum atomic E-state index is 6.18. The summed E-state index contributed by atoms with van der Waals surface area (Å²) in [4.78, 5) is 4.08. The molecule has 0 aliphatic rings. The quantitative estimate of drug-likeness (QED) is 0.909. The second kappa shape index (κ2) is 6.04. The van der Waals surface area contributed by atoms with Crippen LogP contribution in [0, 0.1) is 0 Å². The Balaban J connectivity index is 2.03. The van der Waals surface area contributed by atoms with Gasteiger partial charge in [0.15, 0.2) is 5.82 Å². The third-order valence-corrected chi connectivity index (χ3v) is 3.01. The highest BCUT2D eigenvalue weighted by Crippen LogP contribution is 2.26. The zero-order valence-electron chi connectivity index (χ0n) is 11.0. The molecule has 2 N–H and O–H groups in total. The van der Waals surface area contributed by atoms with Crippen molar-refractivity contribution in [1.82, 2.24) is 14.8 Å². The van der Waals surface area contributed by atoms with E-state index in [-0.39, 0.29) is 6.04 Å². The van der Waals surface area contributed by atoms with Gasteiger partial charge in [-0.05, 0) is 31.0 Å². The topological polar surface area (TPSA) is 66.0 Å². The van der Waals surface area contributed by atoms with E-state index in [0.717, 1.165) is 17.8 Å². The van der Waals surface area contributed by atoms with Crippen molar-refractivity contribution in [1.29, 1.82) is 0 Å². The van der Waals surface area contributed by atoms with E-state index in [2.05, 4.69) is 10.1 Å². The van der Waals surface area contributed by atoms with E-state index in [4.69, 9.17) is 22.1 Å². The van der Waals surface area contributed by atoms with Crippen LogP contribution in [-0.2, 0) is 20.1 Å². The van der Waals surface area contributed by atoms with Gasteiger partial charge in [0, 0.05) is 13.1 Å². The van der Waals surface area contributed by atoms with Gasteiger partial charge < -0.3 is 10.5 Å². The number of nitrogens with zero attached hydrogens (tertiary/aromatic N) is 3. The van der Waals surface area contributed by atoms with Crippen LogP contribution in [0.25, 0.3) is 0 Å². The maximum Gasteiger partial charge on any atom is 0.164 e. The van der Waals surface area contributed by atoms with Crippen molar-refractivity contribution >= 4 is 11.6 Å². The van der Waals surface area contributed by atoms with Gasteiger partial charge in [0.05, 0.1) is 5.02 Å². The van der Waals surface area contributed by atoms with Gasteiger partial charge in [-0.1, -0.05) is 17.7 Å². The van der Waals surface area contributed by atoms with Crippen LogP contribution >= 0.6 is 11.6 Å². The summed E-state index contributed by atoms with van der Waals surface area (Å²) in [6.07, 6.45) is 2.29. The van der Waals surface area contributed by atoms with Gasteiger partial charge >= 0.3 is 0 Å².